The van der Waals surface area contributed by atoms with Crippen molar-refractivity contribution in [2.24, 2.45) is 5.16 Å². The number of oxime groups is 1. The standard InChI is InChI=1S/C15H15BrN2O3/c1-9(2)21-18-14(15-13(20)4-3-7-17-15)11-8-10(16)5-6-12(11)19/h3-9,19-20H,1-2H3/b18-14-. The van der Waals surface area contributed by atoms with Gasteiger partial charge in [-0.3, -0.25) is 4.98 Å². The normalized spacial score (nSPS) is 11.7. The zero-order chi connectivity index (χ0) is 15.4. The molecular formula is C15H15BrN2O3. The maximum Gasteiger partial charge on any atom is 0.143 e. The second kappa shape index (κ2) is 6.58. The van der Waals surface area contributed by atoms with Crippen LogP contribution in [0.2, 0.25) is 0 Å². The van der Waals surface area contributed by atoms with E-state index in [1.54, 1.807) is 18.2 Å². The molecule has 0 unspecified atom stereocenters. The van der Waals surface area contributed by atoms with Gasteiger partial charge >= 0.3 is 0 Å². The molecule has 0 aliphatic heterocycles. The van der Waals surface area contributed by atoms with E-state index >= 15 is 0 Å². The Bertz CT molecular complexity index is 672. The molecule has 0 aliphatic carbocycles. The van der Waals surface area contributed by atoms with Crippen molar-refractivity contribution in [3.8, 4) is 11.5 Å². The van der Waals surface area contributed by atoms with Crippen LogP contribution in [0.15, 0.2) is 46.2 Å². The lowest BCUT2D eigenvalue weighted by molar-refractivity contribution is 0.0861. The molecule has 0 aliphatic rings. The van der Waals surface area contributed by atoms with E-state index in [4.69, 9.17) is 4.84 Å². The second-order valence-electron chi connectivity index (χ2n) is 4.63. The molecule has 2 N–H and O–H groups in total. The highest BCUT2D eigenvalue weighted by Gasteiger charge is 2.18. The molecule has 1 aromatic carbocycles. The number of halogens is 1. The van der Waals surface area contributed by atoms with Crippen molar-refractivity contribution in [3.05, 3.63) is 52.3 Å². The van der Waals surface area contributed by atoms with Gasteiger partial charge < -0.3 is 15.1 Å². The van der Waals surface area contributed by atoms with E-state index in [0.717, 1.165) is 4.47 Å². The van der Waals surface area contributed by atoms with E-state index in [2.05, 4.69) is 26.1 Å². The fraction of sp³-hybridized carbons (Fsp3) is 0.200. The first-order chi connectivity index (χ1) is 9.99. The number of aromatic nitrogens is 1. The lowest BCUT2D eigenvalue weighted by Gasteiger charge is -2.11. The van der Waals surface area contributed by atoms with Crippen LogP contribution in [0.25, 0.3) is 0 Å². The fourth-order valence-corrected chi connectivity index (χ4v) is 2.02. The van der Waals surface area contributed by atoms with Crippen molar-refractivity contribution in [1.82, 2.24) is 4.98 Å². The lowest BCUT2D eigenvalue weighted by atomic mass is 10.1. The molecule has 0 spiro atoms. The SMILES string of the molecule is CC(C)O/N=C(/c1cc(Br)ccc1O)c1ncccc1O. The average molecular weight is 351 g/mol. The van der Waals surface area contributed by atoms with Crippen LogP contribution in [0.5, 0.6) is 11.5 Å². The zero-order valence-corrected chi connectivity index (χ0v) is 13.2. The molecular weight excluding hydrogens is 336 g/mol. The van der Waals surface area contributed by atoms with Gasteiger partial charge in [-0.1, -0.05) is 21.1 Å². The maximum absolute atomic E-state index is 10.1. The molecule has 0 bridgehead atoms. The minimum Gasteiger partial charge on any atom is -0.507 e. The number of pyridine rings is 1. The van der Waals surface area contributed by atoms with Crippen molar-refractivity contribution < 1.29 is 15.1 Å². The summed E-state index contributed by atoms with van der Waals surface area (Å²) in [5.41, 5.74) is 0.922. The van der Waals surface area contributed by atoms with Crippen molar-refractivity contribution in [1.29, 1.82) is 0 Å². The summed E-state index contributed by atoms with van der Waals surface area (Å²) >= 11 is 3.35. The third-order valence-corrected chi connectivity index (χ3v) is 3.07. The number of aromatic hydroxyl groups is 2. The van der Waals surface area contributed by atoms with Gasteiger partial charge in [0.2, 0.25) is 0 Å². The van der Waals surface area contributed by atoms with Crippen LogP contribution in [0.3, 0.4) is 0 Å². The van der Waals surface area contributed by atoms with E-state index in [9.17, 15) is 10.2 Å². The van der Waals surface area contributed by atoms with Crippen molar-refractivity contribution in [2.75, 3.05) is 0 Å². The minimum absolute atomic E-state index is 0.0226. The van der Waals surface area contributed by atoms with Gasteiger partial charge in [0.05, 0.1) is 0 Å². The Kier molecular flexibility index (Phi) is 4.80. The zero-order valence-electron chi connectivity index (χ0n) is 11.6. The Morgan fingerprint density at radius 2 is 2.00 bits per heavy atom. The van der Waals surface area contributed by atoms with E-state index in [1.165, 1.54) is 18.3 Å². The van der Waals surface area contributed by atoms with Gasteiger partial charge in [-0.25, -0.2) is 0 Å². The Labute approximate surface area is 131 Å². The Hall–Kier alpha value is -2.08. The number of hydrogen-bond acceptors (Lipinski definition) is 5. The molecule has 6 heteroatoms. The summed E-state index contributed by atoms with van der Waals surface area (Å²) in [4.78, 5) is 9.39. The van der Waals surface area contributed by atoms with E-state index in [0.29, 0.717) is 5.56 Å². The van der Waals surface area contributed by atoms with Crippen molar-refractivity contribution >= 4 is 21.6 Å². The summed E-state index contributed by atoms with van der Waals surface area (Å²) in [5.74, 6) is -0.0164. The quantitative estimate of drug-likeness (QED) is 0.654. The molecule has 0 amide bonds. The van der Waals surface area contributed by atoms with Gasteiger partial charge in [0.25, 0.3) is 0 Å². The average Bonchev–Trinajstić information content (AvgIpc) is 2.44. The smallest absolute Gasteiger partial charge is 0.143 e. The van der Waals surface area contributed by atoms with Gasteiger partial charge in [0.1, 0.15) is 29.0 Å². The van der Waals surface area contributed by atoms with Crippen LogP contribution >= 0.6 is 15.9 Å². The summed E-state index contributed by atoms with van der Waals surface area (Å²) in [5, 5.41) is 24.1. The van der Waals surface area contributed by atoms with Gasteiger partial charge in [-0.15, -0.1) is 0 Å². The summed E-state index contributed by atoms with van der Waals surface area (Å²) in [7, 11) is 0. The third kappa shape index (κ3) is 3.72. The Balaban J connectivity index is 2.59. The summed E-state index contributed by atoms with van der Waals surface area (Å²) in [6.45, 7) is 3.67. The van der Waals surface area contributed by atoms with Crippen LogP contribution in [0.1, 0.15) is 25.1 Å². The molecule has 0 atom stereocenters. The van der Waals surface area contributed by atoms with Crippen LogP contribution < -0.4 is 0 Å². The van der Waals surface area contributed by atoms with Crippen molar-refractivity contribution in [2.45, 2.75) is 20.0 Å². The number of rotatable bonds is 4. The molecule has 0 saturated heterocycles. The molecule has 110 valence electrons. The van der Waals surface area contributed by atoms with Crippen LogP contribution in [0.4, 0.5) is 0 Å². The Morgan fingerprint density at radius 3 is 2.67 bits per heavy atom. The summed E-state index contributed by atoms with van der Waals surface area (Å²) in [6.07, 6.45) is 1.40. The van der Waals surface area contributed by atoms with Crippen LogP contribution in [-0.2, 0) is 4.84 Å². The lowest BCUT2D eigenvalue weighted by Crippen LogP contribution is -2.09. The third-order valence-electron chi connectivity index (χ3n) is 2.58. The highest BCUT2D eigenvalue weighted by Crippen LogP contribution is 2.27. The molecule has 5 nitrogen and oxygen atoms in total. The first-order valence-corrected chi connectivity index (χ1v) is 7.15. The first-order valence-electron chi connectivity index (χ1n) is 6.36. The second-order valence-corrected chi connectivity index (χ2v) is 5.54. The van der Waals surface area contributed by atoms with Gasteiger partial charge in [0, 0.05) is 16.2 Å². The number of hydrogen-bond donors (Lipinski definition) is 2. The van der Waals surface area contributed by atoms with Crippen LogP contribution in [-0.4, -0.2) is 27.0 Å². The maximum atomic E-state index is 10.1. The number of nitrogens with zero attached hydrogens (tertiary/aromatic N) is 2. The van der Waals surface area contributed by atoms with Crippen LogP contribution in [0, 0.1) is 0 Å². The molecule has 2 aromatic rings. The topological polar surface area (TPSA) is 74.9 Å². The first kappa shape index (κ1) is 15.3. The molecule has 1 heterocycles. The highest BCUT2D eigenvalue weighted by molar-refractivity contribution is 9.10. The molecule has 1 aromatic heterocycles. The monoisotopic (exact) mass is 350 g/mol. The minimum atomic E-state index is -0.139. The number of phenols is 1. The number of benzene rings is 1. The van der Waals surface area contributed by atoms with Gasteiger partial charge in [-0.2, -0.15) is 0 Å². The molecule has 0 radical (unpaired) electrons. The van der Waals surface area contributed by atoms with Crippen molar-refractivity contribution in [3.63, 3.8) is 0 Å². The summed E-state index contributed by atoms with van der Waals surface area (Å²) in [6, 6.07) is 8.04. The fourth-order valence-electron chi connectivity index (χ4n) is 1.66. The van der Waals surface area contributed by atoms with Gasteiger partial charge in [0.15, 0.2) is 0 Å². The highest BCUT2D eigenvalue weighted by atomic mass is 79.9. The number of phenolic OH excluding ortho intramolecular Hbond substituents is 1. The van der Waals surface area contributed by atoms with Gasteiger partial charge in [-0.05, 0) is 44.2 Å². The largest absolute Gasteiger partial charge is 0.507 e. The Morgan fingerprint density at radius 1 is 1.24 bits per heavy atom. The van der Waals surface area contributed by atoms with E-state index in [-0.39, 0.29) is 29.0 Å². The molecule has 0 saturated carbocycles. The van der Waals surface area contributed by atoms with E-state index in [1.807, 2.05) is 13.8 Å². The summed E-state index contributed by atoms with van der Waals surface area (Å²) < 4.78 is 0.767. The predicted octanol–water partition coefficient (Wildman–Crippen LogP) is 3.43. The molecule has 21 heavy (non-hydrogen) atoms. The molecule has 0 fully saturated rings. The molecule has 2 rings (SSSR count). The van der Waals surface area contributed by atoms with E-state index < -0.39 is 0 Å². The predicted molar refractivity (Wildman–Crippen MR) is 83.6 cm³/mol.